The van der Waals surface area contributed by atoms with E-state index in [-0.39, 0.29) is 5.91 Å². The molecule has 1 saturated heterocycles. The van der Waals surface area contributed by atoms with Crippen molar-refractivity contribution in [3.63, 3.8) is 0 Å². The lowest BCUT2D eigenvalue weighted by molar-refractivity contribution is 0.0727. The number of furan rings is 1. The van der Waals surface area contributed by atoms with Gasteiger partial charge in [0.15, 0.2) is 5.76 Å². The van der Waals surface area contributed by atoms with Crippen LogP contribution in [0.4, 0.5) is 0 Å². The number of rotatable bonds is 6. The van der Waals surface area contributed by atoms with Crippen LogP contribution in [0.25, 0.3) is 0 Å². The molecule has 0 aliphatic carbocycles. The fourth-order valence-electron chi connectivity index (χ4n) is 4.09. The van der Waals surface area contributed by atoms with Gasteiger partial charge in [0.05, 0.1) is 0 Å². The standard InChI is InChI=1S/C21H29N3O2/c1-5-15-12-19(26-18(15)6-2)21(25)24(4)14-17-9-11-23(3)20(17)16-8-7-10-22-13-16/h7-8,10,12-13,17,20H,5-6,9,11,14H2,1-4H3/t17-,20-/m0/s1. The highest BCUT2D eigenvalue weighted by atomic mass is 16.4. The van der Waals surface area contributed by atoms with E-state index < -0.39 is 0 Å². The first kappa shape index (κ1) is 18.6. The van der Waals surface area contributed by atoms with Gasteiger partial charge in [0.1, 0.15) is 5.76 Å². The Morgan fingerprint density at radius 2 is 2.19 bits per heavy atom. The van der Waals surface area contributed by atoms with E-state index in [0.717, 1.165) is 37.1 Å². The van der Waals surface area contributed by atoms with Gasteiger partial charge < -0.3 is 9.32 Å². The van der Waals surface area contributed by atoms with Crippen LogP contribution in [0.15, 0.2) is 35.0 Å². The van der Waals surface area contributed by atoms with Crippen molar-refractivity contribution in [3.8, 4) is 0 Å². The van der Waals surface area contributed by atoms with E-state index in [1.807, 2.05) is 30.3 Å². The van der Waals surface area contributed by atoms with Crippen LogP contribution in [-0.2, 0) is 12.8 Å². The van der Waals surface area contributed by atoms with Gasteiger partial charge in [0, 0.05) is 38.4 Å². The molecule has 1 aliphatic rings. The van der Waals surface area contributed by atoms with Crippen LogP contribution in [0.3, 0.4) is 0 Å². The first-order valence-corrected chi connectivity index (χ1v) is 9.52. The molecule has 2 atom stereocenters. The maximum Gasteiger partial charge on any atom is 0.289 e. The van der Waals surface area contributed by atoms with E-state index in [1.54, 1.807) is 6.20 Å². The lowest BCUT2D eigenvalue weighted by Crippen LogP contribution is -2.34. The molecule has 1 fully saturated rings. The van der Waals surface area contributed by atoms with Gasteiger partial charge >= 0.3 is 0 Å². The maximum absolute atomic E-state index is 12.9. The zero-order chi connectivity index (χ0) is 18.7. The van der Waals surface area contributed by atoms with Crippen molar-refractivity contribution < 1.29 is 9.21 Å². The van der Waals surface area contributed by atoms with E-state index in [2.05, 4.69) is 36.8 Å². The number of aryl methyl sites for hydroxylation is 2. The largest absolute Gasteiger partial charge is 0.456 e. The van der Waals surface area contributed by atoms with Crippen LogP contribution >= 0.6 is 0 Å². The van der Waals surface area contributed by atoms with Gasteiger partial charge in [-0.3, -0.25) is 14.7 Å². The number of nitrogens with zero attached hydrogens (tertiary/aromatic N) is 3. The molecule has 0 N–H and O–H groups in total. The third-order valence-corrected chi connectivity index (χ3v) is 5.46. The van der Waals surface area contributed by atoms with Crippen molar-refractivity contribution >= 4 is 5.91 Å². The molecule has 2 aromatic heterocycles. The normalized spacial score (nSPS) is 20.5. The van der Waals surface area contributed by atoms with Crippen LogP contribution in [0, 0.1) is 5.92 Å². The zero-order valence-electron chi connectivity index (χ0n) is 16.2. The van der Waals surface area contributed by atoms with E-state index in [4.69, 9.17) is 4.42 Å². The molecule has 1 amide bonds. The highest BCUT2D eigenvalue weighted by molar-refractivity contribution is 5.91. The summed E-state index contributed by atoms with van der Waals surface area (Å²) in [4.78, 5) is 21.3. The second-order valence-electron chi connectivity index (χ2n) is 7.21. The van der Waals surface area contributed by atoms with Crippen molar-refractivity contribution in [2.24, 2.45) is 5.92 Å². The molecule has 26 heavy (non-hydrogen) atoms. The third-order valence-electron chi connectivity index (χ3n) is 5.46. The first-order valence-electron chi connectivity index (χ1n) is 9.52. The van der Waals surface area contributed by atoms with Gasteiger partial charge in [-0.15, -0.1) is 0 Å². The number of likely N-dealkylation sites (tertiary alicyclic amines) is 1. The fourth-order valence-corrected chi connectivity index (χ4v) is 4.09. The summed E-state index contributed by atoms with van der Waals surface area (Å²) in [6.07, 6.45) is 6.52. The lowest BCUT2D eigenvalue weighted by atomic mass is 9.94. The fraction of sp³-hybridized carbons (Fsp3) is 0.524. The molecule has 0 saturated carbocycles. The van der Waals surface area contributed by atoms with Crippen LogP contribution in [0.2, 0.25) is 0 Å². The molecule has 0 radical (unpaired) electrons. The zero-order valence-corrected chi connectivity index (χ0v) is 16.2. The number of carbonyl (C=O) groups is 1. The van der Waals surface area contributed by atoms with Crippen molar-refractivity contribution in [1.82, 2.24) is 14.8 Å². The predicted molar refractivity (Wildman–Crippen MR) is 102 cm³/mol. The monoisotopic (exact) mass is 355 g/mol. The van der Waals surface area contributed by atoms with Crippen molar-refractivity contribution in [2.75, 3.05) is 27.2 Å². The Kier molecular flexibility index (Phi) is 5.77. The quantitative estimate of drug-likeness (QED) is 0.795. The summed E-state index contributed by atoms with van der Waals surface area (Å²) in [5.41, 5.74) is 2.36. The number of amides is 1. The first-order chi connectivity index (χ1) is 12.5. The Hall–Kier alpha value is -2.14. The summed E-state index contributed by atoms with van der Waals surface area (Å²) >= 11 is 0. The summed E-state index contributed by atoms with van der Waals surface area (Å²) < 4.78 is 5.82. The van der Waals surface area contributed by atoms with Gasteiger partial charge in [-0.2, -0.15) is 0 Å². The molecule has 0 bridgehead atoms. The van der Waals surface area contributed by atoms with Crippen LogP contribution in [0.1, 0.15) is 53.8 Å². The molecule has 0 spiro atoms. The van der Waals surface area contributed by atoms with Crippen LogP contribution < -0.4 is 0 Å². The highest BCUT2D eigenvalue weighted by Crippen LogP contribution is 2.36. The minimum atomic E-state index is -0.0288. The average molecular weight is 355 g/mol. The average Bonchev–Trinajstić information content (AvgIpc) is 3.25. The van der Waals surface area contributed by atoms with E-state index in [1.165, 1.54) is 5.56 Å². The molecule has 5 nitrogen and oxygen atoms in total. The van der Waals surface area contributed by atoms with E-state index >= 15 is 0 Å². The highest BCUT2D eigenvalue weighted by Gasteiger charge is 2.35. The Morgan fingerprint density at radius 3 is 2.81 bits per heavy atom. The SMILES string of the molecule is CCc1cc(C(=O)N(C)C[C@@H]2CCN(C)[C@H]2c2cccnc2)oc1CC. The molecule has 1 aliphatic heterocycles. The number of carbonyl (C=O) groups excluding carboxylic acids is 1. The van der Waals surface area contributed by atoms with Gasteiger partial charge in [0.2, 0.25) is 0 Å². The molecular weight excluding hydrogens is 326 g/mol. The smallest absolute Gasteiger partial charge is 0.289 e. The minimum absolute atomic E-state index is 0.0288. The van der Waals surface area contributed by atoms with Gasteiger partial charge in [0.25, 0.3) is 5.91 Å². The second kappa shape index (κ2) is 8.04. The number of aromatic nitrogens is 1. The van der Waals surface area contributed by atoms with Crippen LogP contribution in [0.5, 0.6) is 0 Å². The van der Waals surface area contributed by atoms with Gasteiger partial charge in [-0.1, -0.05) is 19.9 Å². The van der Waals surface area contributed by atoms with Crippen molar-refractivity contribution in [2.45, 2.75) is 39.2 Å². The Labute approximate surface area is 156 Å². The summed E-state index contributed by atoms with van der Waals surface area (Å²) in [5.74, 6) is 1.76. The molecule has 0 aromatic carbocycles. The Balaban J connectivity index is 1.73. The molecule has 140 valence electrons. The summed E-state index contributed by atoms with van der Waals surface area (Å²) in [7, 11) is 4.02. The number of hydrogen-bond donors (Lipinski definition) is 0. The molecule has 0 unspecified atom stereocenters. The van der Waals surface area contributed by atoms with Crippen molar-refractivity contribution in [1.29, 1.82) is 0 Å². The molecule has 2 aromatic rings. The van der Waals surface area contributed by atoms with Gasteiger partial charge in [-0.05, 0) is 55.6 Å². The minimum Gasteiger partial charge on any atom is -0.456 e. The van der Waals surface area contributed by atoms with Crippen LogP contribution in [-0.4, -0.2) is 47.9 Å². The number of hydrogen-bond acceptors (Lipinski definition) is 4. The summed E-state index contributed by atoms with van der Waals surface area (Å²) in [6.45, 7) is 5.90. The lowest BCUT2D eigenvalue weighted by Gasteiger charge is -2.28. The Morgan fingerprint density at radius 1 is 1.38 bits per heavy atom. The van der Waals surface area contributed by atoms with E-state index in [9.17, 15) is 4.79 Å². The third kappa shape index (κ3) is 3.68. The molecule has 3 heterocycles. The predicted octanol–water partition coefficient (Wildman–Crippen LogP) is 3.56. The molecule has 5 heteroatoms. The second-order valence-corrected chi connectivity index (χ2v) is 7.21. The molecular formula is C21H29N3O2. The van der Waals surface area contributed by atoms with Gasteiger partial charge in [-0.25, -0.2) is 0 Å². The maximum atomic E-state index is 12.9. The van der Waals surface area contributed by atoms with E-state index in [0.29, 0.717) is 24.3 Å². The van der Waals surface area contributed by atoms with Crippen molar-refractivity contribution in [3.05, 3.63) is 53.2 Å². The summed E-state index contributed by atoms with van der Waals surface area (Å²) in [5, 5.41) is 0. The topological polar surface area (TPSA) is 49.6 Å². The molecule has 3 rings (SSSR count). The summed E-state index contributed by atoms with van der Waals surface area (Å²) in [6, 6.07) is 6.32. The Bertz CT molecular complexity index is 719. The number of pyridine rings is 1.